The Labute approximate surface area is 202 Å². The monoisotopic (exact) mass is 493 g/mol. The van der Waals surface area contributed by atoms with E-state index >= 15 is 0 Å². The van der Waals surface area contributed by atoms with Crippen molar-refractivity contribution in [1.82, 2.24) is 19.9 Å². The summed E-state index contributed by atoms with van der Waals surface area (Å²) in [6.07, 6.45) is 7.21. The molecule has 0 atom stereocenters. The third-order valence-corrected chi connectivity index (χ3v) is 4.69. The molecule has 0 unspecified atom stereocenters. The van der Waals surface area contributed by atoms with Crippen LogP contribution in [0.1, 0.15) is 0 Å². The molecule has 0 fully saturated rings. The Morgan fingerprint density at radius 2 is 0.581 bits per heavy atom. The van der Waals surface area contributed by atoms with Crippen molar-refractivity contribution in [2.24, 2.45) is 0 Å². The molecule has 157 valence electrons. The van der Waals surface area contributed by atoms with Crippen molar-refractivity contribution in [2.45, 2.75) is 0 Å². The van der Waals surface area contributed by atoms with E-state index < -0.39 is 0 Å². The van der Waals surface area contributed by atoms with Gasteiger partial charge < -0.3 is 24.8 Å². The van der Waals surface area contributed by atoms with Crippen LogP contribution in [-0.2, 0) is 17.1 Å². The van der Waals surface area contributed by atoms with Crippen LogP contribution in [0.25, 0.3) is 43.6 Å². The fourth-order valence-electron chi connectivity index (χ4n) is 3.36. The van der Waals surface area contributed by atoms with Crippen LogP contribution in [0.3, 0.4) is 0 Å². The van der Waals surface area contributed by atoms with Crippen molar-refractivity contribution in [3.8, 4) is 0 Å². The quantitative estimate of drug-likeness (QED) is 0.212. The van der Waals surface area contributed by atoms with Crippen LogP contribution < -0.4 is 24.8 Å². The van der Waals surface area contributed by atoms with Crippen molar-refractivity contribution in [1.29, 1.82) is 0 Å². The second-order valence-electron chi connectivity index (χ2n) is 6.43. The van der Waals surface area contributed by atoms with E-state index in [1.54, 1.807) is 24.8 Å². The number of hydrogen-bond donors (Lipinski definition) is 0. The first-order valence-corrected chi connectivity index (χ1v) is 9.07. The Morgan fingerprint density at radius 1 is 0.355 bits per heavy atom. The Hall–Kier alpha value is -2.82. The van der Waals surface area contributed by atoms with E-state index in [9.17, 15) is 0 Å². The molecule has 0 saturated heterocycles. The minimum atomic E-state index is 0. The van der Waals surface area contributed by atoms with E-state index in [2.05, 4.69) is 68.5 Å². The Bertz CT molecular complexity index is 1220. The van der Waals surface area contributed by atoms with Crippen LogP contribution in [0.4, 0.5) is 0 Å². The van der Waals surface area contributed by atoms with Crippen LogP contribution >= 0.6 is 0 Å². The van der Waals surface area contributed by atoms with Crippen molar-refractivity contribution < 1.29 is 41.9 Å². The molecule has 0 aliphatic rings. The maximum Gasteiger partial charge on any atom is 2.00 e. The largest absolute Gasteiger partial charge is 2.00 e. The molecule has 0 spiro atoms. The number of hydrogen-bond acceptors (Lipinski definition) is 4. The molecule has 0 aliphatic carbocycles. The molecule has 31 heavy (non-hydrogen) atoms. The number of nitrogens with zero attached hydrogens (tertiary/aromatic N) is 4. The van der Waals surface area contributed by atoms with Gasteiger partial charge in [-0.05, 0) is 24.3 Å². The second-order valence-corrected chi connectivity index (χ2v) is 6.43. The van der Waals surface area contributed by atoms with Gasteiger partial charge in [-0.25, -0.2) is 0 Å². The predicted molar refractivity (Wildman–Crippen MR) is 114 cm³/mol. The number of halogens is 2. The van der Waals surface area contributed by atoms with Crippen molar-refractivity contribution in [3.63, 3.8) is 0 Å². The molecule has 0 aliphatic heterocycles. The molecule has 0 amide bonds. The third-order valence-electron chi connectivity index (χ3n) is 4.69. The average Bonchev–Trinajstić information content (AvgIpc) is 2.79. The summed E-state index contributed by atoms with van der Waals surface area (Å²) < 4.78 is 0. The number of fused-ring (bicyclic) bond motifs is 6. The number of aromatic nitrogens is 4. The van der Waals surface area contributed by atoms with Crippen LogP contribution in [0.15, 0.2) is 97.6 Å². The van der Waals surface area contributed by atoms with Gasteiger partial charge in [0.15, 0.2) is 0 Å². The fourth-order valence-corrected chi connectivity index (χ4v) is 3.36. The Morgan fingerprint density at radius 3 is 0.806 bits per heavy atom. The van der Waals surface area contributed by atoms with Crippen molar-refractivity contribution in [2.75, 3.05) is 0 Å². The van der Waals surface area contributed by atoms with E-state index in [1.165, 1.54) is 0 Å². The molecule has 7 heteroatoms. The van der Waals surface area contributed by atoms with Gasteiger partial charge in [0, 0.05) is 46.3 Å². The van der Waals surface area contributed by atoms with Crippen LogP contribution in [0.2, 0.25) is 0 Å². The second kappa shape index (κ2) is 11.0. The summed E-state index contributed by atoms with van der Waals surface area (Å²) in [4.78, 5) is 17.4. The van der Waals surface area contributed by atoms with Gasteiger partial charge in [0.2, 0.25) is 0 Å². The van der Waals surface area contributed by atoms with Crippen molar-refractivity contribution >= 4 is 43.6 Å². The zero-order chi connectivity index (χ0) is 18.8. The standard InChI is InChI=1S/2C12H8N2.2ClH.Cu/c2*1-3-9-5-6-10-4-2-8-14-12(10)11(9)13-7-1;;;/h2*1-8H;2*1H;/q;;;;+2/p-2. The summed E-state index contributed by atoms with van der Waals surface area (Å²) in [6, 6.07) is 24.3. The number of benzene rings is 2. The summed E-state index contributed by atoms with van der Waals surface area (Å²) in [6.45, 7) is 0. The number of pyridine rings is 4. The van der Waals surface area contributed by atoms with E-state index in [1.807, 2.05) is 24.3 Å². The molecule has 6 aromatic rings. The Kier molecular flexibility index (Phi) is 8.66. The SMILES string of the molecule is [Cl-].[Cl-].[Cu+2].c1cnc2c(c1)ccc1cccnc12.c1cnc2c(c1)ccc1cccnc12. The zero-order valence-corrected chi connectivity index (χ0v) is 18.5. The summed E-state index contributed by atoms with van der Waals surface area (Å²) in [5, 5.41) is 4.55. The van der Waals surface area contributed by atoms with Crippen LogP contribution in [0.5, 0.6) is 0 Å². The molecule has 4 aromatic heterocycles. The summed E-state index contributed by atoms with van der Waals surface area (Å²) >= 11 is 0. The molecule has 1 radical (unpaired) electrons. The van der Waals surface area contributed by atoms with Gasteiger partial charge in [-0.2, -0.15) is 0 Å². The first-order chi connectivity index (χ1) is 13.9. The smallest absolute Gasteiger partial charge is 1.00 e. The average molecular weight is 495 g/mol. The van der Waals surface area contributed by atoms with Gasteiger partial charge in [0.1, 0.15) is 0 Å². The van der Waals surface area contributed by atoms with Gasteiger partial charge >= 0.3 is 17.1 Å². The molecular formula is C24H16Cl2CuN4. The zero-order valence-electron chi connectivity index (χ0n) is 16.1. The third kappa shape index (κ3) is 4.92. The minimum absolute atomic E-state index is 0. The van der Waals surface area contributed by atoms with E-state index in [0.717, 1.165) is 43.6 Å². The fraction of sp³-hybridized carbons (Fsp3) is 0. The molecule has 0 saturated carbocycles. The van der Waals surface area contributed by atoms with E-state index in [4.69, 9.17) is 0 Å². The molecular weight excluding hydrogens is 479 g/mol. The normalized spacial score (nSPS) is 9.81. The van der Waals surface area contributed by atoms with Crippen molar-refractivity contribution in [3.05, 3.63) is 97.6 Å². The Balaban J connectivity index is 0.000000201. The van der Waals surface area contributed by atoms with Crippen LogP contribution in [-0.4, -0.2) is 19.9 Å². The first-order valence-electron chi connectivity index (χ1n) is 9.07. The first kappa shape index (κ1) is 24.4. The summed E-state index contributed by atoms with van der Waals surface area (Å²) in [5.74, 6) is 0. The summed E-state index contributed by atoms with van der Waals surface area (Å²) in [7, 11) is 0. The minimum Gasteiger partial charge on any atom is -1.00 e. The molecule has 4 nitrogen and oxygen atoms in total. The van der Waals surface area contributed by atoms with Gasteiger partial charge in [0.05, 0.1) is 22.1 Å². The molecule has 0 bridgehead atoms. The van der Waals surface area contributed by atoms with Gasteiger partial charge in [-0.15, -0.1) is 0 Å². The predicted octanol–water partition coefficient (Wildman–Crippen LogP) is -0.428. The van der Waals surface area contributed by atoms with E-state index in [-0.39, 0.29) is 41.9 Å². The van der Waals surface area contributed by atoms with Gasteiger partial charge in [-0.3, -0.25) is 19.9 Å². The summed E-state index contributed by atoms with van der Waals surface area (Å²) in [5.41, 5.74) is 3.91. The maximum absolute atomic E-state index is 4.35. The van der Waals surface area contributed by atoms with Gasteiger partial charge in [-0.1, -0.05) is 48.5 Å². The number of rotatable bonds is 0. The topological polar surface area (TPSA) is 51.6 Å². The van der Waals surface area contributed by atoms with Gasteiger partial charge in [0.25, 0.3) is 0 Å². The van der Waals surface area contributed by atoms with Crippen LogP contribution in [0, 0.1) is 0 Å². The van der Waals surface area contributed by atoms with E-state index in [0.29, 0.717) is 0 Å². The maximum atomic E-state index is 4.35. The molecule has 0 N–H and O–H groups in total. The molecule has 6 rings (SSSR count). The molecule has 2 aromatic carbocycles. The molecule has 4 heterocycles.